The molecule has 0 spiro atoms. The monoisotopic (exact) mass is 364 g/mol. The van der Waals surface area contributed by atoms with Gasteiger partial charge in [0.05, 0.1) is 5.92 Å². The van der Waals surface area contributed by atoms with Gasteiger partial charge in [0, 0.05) is 24.7 Å². The number of halogens is 1. The fourth-order valence-electron chi connectivity index (χ4n) is 2.80. The predicted octanol–water partition coefficient (Wildman–Crippen LogP) is 2.14. The van der Waals surface area contributed by atoms with Crippen molar-refractivity contribution >= 4 is 17.8 Å². The molecule has 0 saturated carbocycles. The van der Waals surface area contributed by atoms with Gasteiger partial charge in [0.25, 0.3) is 11.8 Å². The van der Waals surface area contributed by atoms with Gasteiger partial charge in [-0.05, 0) is 50.5 Å². The first kappa shape index (κ1) is 19.9. The molecular weight excluding hydrogens is 339 g/mol. The quantitative estimate of drug-likeness (QED) is 0.785. The summed E-state index contributed by atoms with van der Waals surface area (Å²) in [5.74, 6) is -1.90. The summed E-state index contributed by atoms with van der Waals surface area (Å²) in [6.45, 7) is 4.29. The molecule has 2 atom stereocenters. The Balaban J connectivity index is 1.86. The van der Waals surface area contributed by atoms with Gasteiger partial charge in [-0.1, -0.05) is 6.92 Å². The third kappa shape index (κ3) is 5.54. The smallest absolute Gasteiger partial charge is 0.311 e. The van der Waals surface area contributed by atoms with Crippen molar-refractivity contribution in [3.63, 3.8) is 0 Å². The number of esters is 1. The van der Waals surface area contributed by atoms with E-state index in [0.29, 0.717) is 24.9 Å². The normalized spacial score (nSPS) is 18.1. The molecule has 1 fully saturated rings. The van der Waals surface area contributed by atoms with Crippen LogP contribution in [-0.2, 0) is 14.3 Å². The van der Waals surface area contributed by atoms with Crippen molar-refractivity contribution in [2.45, 2.75) is 39.2 Å². The Morgan fingerprint density at radius 2 is 2.00 bits per heavy atom. The Morgan fingerprint density at radius 1 is 1.31 bits per heavy atom. The molecule has 1 N–H and O–H groups in total. The van der Waals surface area contributed by atoms with Gasteiger partial charge < -0.3 is 15.0 Å². The minimum atomic E-state index is -0.471. The van der Waals surface area contributed by atoms with Gasteiger partial charge in [0.1, 0.15) is 5.82 Å². The van der Waals surface area contributed by atoms with E-state index in [1.807, 2.05) is 13.8 Å². The van der Waals surface area contributed by atoms with Crippen molar-refractivity contribution in [2.75, 3.05) is 19.7 Å². The molecule has 6 nitrogen and oxygen atoms in total. The Kier molecular flexibility index (Phi) is 7.12. The first-order valence-corrected chi connectivity index (χ1v) is 8.91. The second kappa shape index (κ2) is 9.31. The van der Waals surface area contributed by atoms with Crippen LogP contribution in [0.4, 0.5) is 4.39 Å². The highest BCUT2D eigenvalue weighted by Gasteiger charge is 2.30. The molecule has 0 radical (unpaired) electrons. The number of rotatable bonds is 6. The number of likely N-dealkylation sites (tertiary alicyclic amines) is 1. The molecule has 1 aliphatic rings. The van der Waals surface area contributed by atoms with E-state index >= 15 is 0 Å². The number of amides is 2. The second-order valence-corrected chi connectivity index (χ2v) is 6.58. The van der Waals surface area contributed by atoms with Crippen molar-refractivity contribution in [1.29, 1.82) is 0 Å². The summed E-state index contributed by atoms with van der Waals surface area (Å²) in [4.78, 5) is 38.0. The van der Waals surface area contributed by atoms with Gasteiger partial charge in [-0.25, -0.2) is 4.39 Å². The van der Waals surface area contributed by atoms with E-state index in [-0.39, 0.29) is 31.0 Å². The zero-order valence-corrected chi connectivity index (χ0v) is 15.2. The molecule has 0 aromatic heterocycles. The number of carbonyl (C=O) groups excluding carboxylic acids is 3. The van der Waals surface area contributed by atoms with Crippen molar-refractivity contribution < 1.29 is 23.5 Å². The van der Waals surface area contributed by atoms with E-state index in [1.165, 1.54) is 24.3 Å². The number of carbonyl (C=O) groups is 3. The van der Waals surface area contributed by atoms with Crippen LogP contribution in [0.15, 0.2) is 24.3 Å². The molecule has 26 heavy (non-hydrogen) atoms. The number of nitrogens with one attached hydrogen (secondary N) is 1. The standard InChI is InChI=1S/C19H25FN2O4/c1-3-13(2)21-17(23)12-26-19(25)15-5-4-10-22(11-15)18(24)14-6-8-16(20)9-7-14/h6-9,13,15H,3-5,10-12H2,1-2H3,(H,21,23). The van der Waals surface area contributed by atoms with E-state index in [1.54, 1.807) is 4.90 Å². The molecule has 1 heterocycles. The molecule has 2 amide bonds. The lowest BCUT2D eigenvalue weighted by Crippen LogP contribution is -2.43. The van der Waals surface area contributed by atoms with E-state index < -0.39 is 17.7 Å². The molecule has 1 aromatic carbocycles. The number of benzene rings is 1. The maximum absolute atomic E-state index is 13.0. The molecule has 0 bridgehead atoms. The fraction of sp³-hybridized carbons (Fsp3) is 0.526. The molecule has 1 aromatic rings. The van der Waals surface area contributed by atoms with Crippen LogP contribution in [0.25, 0.3) is 0 Å². The lowest BCUT2D eigenvalue weighted by Gasteiger charge is -2.31. The molecule has 2 unspecified atom stereocenters. The summed E-state index contributed by atoms with van der Waals surface area (Å²) in [5, 5.41) is 2.73. The van der Waals surface area contributed by atoms with Gasteiger partial charge in [0.2, 0.25) is 0 Å². The van der Waals surface area contributed by atoms with Gasteiger partial charge in [-0.2, -0.15) is 0 Å². The van der Waals surface area contributed by atoms with Gasteiger partial charge in [-0.15, -0.1) is 0 Å². The molecule has 7 heteroatoms. The summed E-state index contributed by atoms with van der Waals surface area (Å²) in [7, 11) is 0. The van der Waals surface area contributed by atoms with Crippen LogP contribution < -0.4 is 5.32 Å². The van der Waals surface area contributed by atoms with Crippen molar-refractivity contribution in [2.24, 2.45) is 5.92 Å². The Morgan fingerprint density at radius 3 is 2.65 bits per heavy atom. The highest BCUT2D eigenvalue weighted by Crippen LogP contribution is 2.20. The molecule has 1 saturated heterocycles. The van der Waals surface area contributed by atoms with Crippen LogP contribution in [0.1, 0.15) is 43.5 Å². The number of piperidine rings is 1. The summed E-state index contributed by atoms with van der Waals surface area (Å²) in [6.07, 6.45) is 2.08. The SMILES string of the molecule is CCC(C)NC(=O)COC(=O)C1CCCN(C(=O)c2ccc(F)cc2)C1. The molecule has 0 aliphatic carbocycles. The second-order valence-electron chi connectivity index (χ2n) is 6.58. The number of nitrogens with zero attached hydrogens (tertiary/aromatic N) is 1. The zero-order chi connectivity index (χ0) is 19.1. The summed E-state index contributed by atoms with van der Waals surface area (Å²) in [5.41, 5.74) is 0.383. The lowest BCUT2D eigenvalue weighted by atomic mass is 9.97. The number of hydrogen-bond acceptors (Lipinski definition) is 4. The molecule has 2 rings (SSSR count). The average Bonchev–Trinajstić information content (AvgIpc) is 2.66. The minimum Gasteiger partial charge on any atom is -0.455 e. The van der Waals surface area contributed by atoms with Gasteiger partial charge in [-0.3, -0.25) is 14.4 Å². The number of hydrogen-bond donors (Lipinski definition) is 1. The summed E-state index contributed by atoms with van der Waals surface area (Å²) in [6, 6.07) is 5.36. The van der Waals surface area contributed by atoms with Crippen molar-refractivity contribution in [3.8, 4) is 0 Å². The Labute approximate surface area is 152 Å². The molecule has 142 valence electrons. The third-order valence-corrected chi connectivity index (χ3v) is 4.50. The third-order valence-electron chi connectivity index (χ3n) is 4.50. The summed E-state index contributed by atoms with van der Waals surface area (Å²) >= 11 is 0. The maximum Gasteiger partial charge on any atom is 0.311 e. The Bertz CT molecular complexity index is 647. The number of ether oxygens (including phenoxy) is 1. The van der Waals surface area contributed by atoms with Crippen LogP contribution in [0.5, 0.6) is 0 Å². The van der Waals surface area contributed by atoms with Gasteiger partial charge in [0.15, 0.2) is 6.61 Å². The maximum atomic E-state index is 13.0. The van der Waals surface area contributed by atoms with Crippen LogP contribution in [-0.4, -0.2) is 48.4 Å². The molecule has 1 aliphatic heterocycles. The topological polar surface area (TPSA) is 75.7 Å². The zero-order valence-electron chi connectivity index (χ0n) is 15.2. The first-order valence-electron chi connectivity index (χ1n) is 8.91. The van der Waals surface area contributed by atoms with Crippen LogP contribution in [0.2, 0.25) is 0 Å². The van der Waals surface area contributed by atoms with Crippen LogP contribution >= 0.6 is 0 Å². The largest absolute Gasteiger partial charge is 0.455 e. The van der Waals surface area contributed by atoms with Crippen molar-refractivity contribution in [3.05, 3.63) is 35.6 Å². The predicted molar refractivity (Wildman–Crippen MR) is 93.9 cm³/mol. The van der Waals surface area contributed by atoms with Crippen LogP contribution in [0.3, 0.4) is 0 Å². The summed E-state index contributed by atoms with van der Waals surface area (Å²) < 4.78 is 18.1. The van der Waals surface area contributed by atoms with E-state index in [0.717, 1.165) is 6.42 Å². The highest BCUT2D eigenvalue weighted by atomic mass is 19.1. The lowest BCUT2D eigenvalue weighted by molar-refractivity contribution is -0.154. The van der Waals surface area contributed by atoms with Crippen LogP contribution in [0, 0.1) is 11.7 Å². The molecular formula is C19H25FN2O4. The fourth-order valence-corrected chi connectivity index (χ4v) is 2.80. The van der Waals surface area contributed by atoms with Gasteiger partial charge >= 0.3 is 5.97 Å². The highest BCUT2D eigenvalue weighted by molar-refractivity contribution is 5.94. The average molecular weight is 364 g/mol. The Hall–Kier alpha value is -2.44. The van der Waals surface area contributed by atoms with E-state index in [9.17, 15) is 18.8 Å². The minimum absolute atomic E-state index is 0.0275. The van der Waals surface area contributed by atoms with E-state index in [2.05, 4.69) is 5.32 Å². The first-order chi connectivity index (χ1) is 12.4. The van der Waals surface area contributed by atoms with E-state index in [4.69, 9.17) is 4.74 Å². The van der Waals surface area contributed by atoms with Crippen molar-refractivity contribution in [1.82, 2.24) is 10.2 Å².